The van der Waals surface area contributed by atoms with Gasteiger partial charge in [0.1, 0.15) is 5.56 Å². The summed E-state index contributed by atoms with van der Waals surface area (Å²) in [6.07, 6.45) is 2.14. The molecule has 0 bridgehead atoms. The Labute approximate surface area is 208 Å². The van der Waals surface area contributed by atoms with Gasteiger partial charge in [-0.1, -0.05) is 91.0 Å². The third-order valence-electron chi connectivity index (χ3n) is 5.90. The van der Waals surface area contributed by atoms with Crippen molar-refractivity contribution in [2.75, 3.05) is 6.54 Å². The molecule has 0 aliphatic carbocycles. The van der Waals surface area contributed by atoms with Crippen LogP contribution in [0.3, 0.4) is 0 Å². The number of benzene rings is 3. The molecule has 36 heavy (non-hydrogen) atoms. The minimum absolute atomic E-state index is 0.165. The molecule has 5 rings (SSSR count). The number of nitrogens with zero attached hydrogens (tertiary/aromatic N) is 2. The highest BCUT2D eigenvalue weighted by molar-refractivity contribution is 5.97. The second kappa shape index (κ2) is 11.2. The van der Waals surface area contributed by atoms with Crippen molar-refractivity contribution in [3.63, 3.8) is 0 Å². The quantitative estimate of drug-likeness (QED) is 0.444. The Morgan fingerprint density at radius 3 is 1.75 bits per heavy atom. The number of aromatic nitrogens is 1. The highest BCUT2D eigenvalue weighted by Crippen LogP contribution is 2.21. The smallest absolute Gasteiger partial charge is 0.341 e. The van der Waals surface area contributed by atoms with Crippen LogP contribution in [0.25, 0.3) is 0 Å². The lowest BCUT2D eigenvalue weighted by atomic mass is 10.1. The maximum absolute atomic E-state index is 12.5. The van der Waals surface area contributed by atoms with Crippen molar-refractivity contribution in [1.82, 2.24) is 9.47 Å². The van der Waals surface area contributed by atoms with Gasteiger partial charge in [0, 0.05) is 25.8 Å². The summed E-state index contributed by atoms with van der Waals surface area (Å²) < 4.78 is 1.32. The van der Waals surface area contributed by atoms with E-state index in [1.54, 1.807) is 0 Å². The molecule has 0 atom stereocenters. The molecule has 0 spiro atoms. The number of pyridine rings is 1. The average molecular weight is 483 g/mol. The molecule has 0 saturated heterocycles. The molecule has 0 unspecified atom stereocenters. The lowest BCUT2D eigenvalue weighted by molar-refractivity contribution is 0.0663. The largest absolute Gasteiger partial charge is 0.503 e. The van der Waals surface area contributed by atoms with E-state index in [4.69, 9.17) is 5.11 Å². The molecule has 7 nitrogen and oxygen atoms in total. The van der Waals surface area contributed by atoms with Gasteiger partial charge in [0.15, 0.2) is 11.4 Å². The van der Waals surface area contributed by atoms with Crippen LogP contribution < -0.4 is 5.43 Å². The number of carbonyl (C=O) groups excluding carboxylic acids is 1. The topological polar surface area (TPSA) is 99.8 Å². The van der Waals surface area contributed by atoms with Crippen molar-refractivity contribution in [3.8, 4) is 5.75 Å². The monoisotopic (exact) mass is 482 g/mol. The summed E-state index contributed by atoms with van der Waals surface area (Å²) in [5.74, 6) is -2.74. The zero-order valence-corrected chi connectivity index (χ0v) is 19.6. The second-order valence-corrected chi connectivity index (χ2v) is 8.43. The molecule has 1 aliphatic heterocycles. The standard InChI is InChI=1S/C16H14N2O5.C13H12/c19-13-11(16(22)23)9-17-6-7-18(15(21)12(17)14(13)20)8-10-4-2-1-3-5-10;1-3-7-12(8-4-1)11-13-9-5-2-6-10-13/h1-5,9,20H,6-8H2,(H,22,23);1-10H,11H2. The van der Waals surface area contributed by atoms with Crippen LogP contribution in [0.1, 0.15) is 37.5 Å². The van der Waals surface area contributed by atoms with Gasteiger partial charge in [-0.25, -0.2) is 4.79 Å². The maximum atomic E-state index is 12.5. The molecule has 182 valence electrons. The van der Waals surface area contributed by atoms with E-state index in [1.807, 2.05) is 30.3 Å². The second-order valence-electron chi connectivity index (χ2n) is 8.43. The Morgan fingerprint density at radius 1 is 0.750 bits per heavy atom. The molecular formula is C29H26N2O5. The van der Waals surface area contributed by atoms with Crippen molar-refractivity contribution in [3.05, 3.63) is 135 Å². The predicted molar refractivity (Wildman–Crippen MR) is 136 cm³/mol. The number of aromatic hydroxyl groups is 1. The van der Waals surface area contributed by atoms with Gasteiger partial charge in [0.2, 0.25) is 5.43 Å². The number of rotatable bonds is 5. The van der Waals surface area contributed by atoms with Crippen molar-refractivity contribution in [2.45, 2.75) is 19.5 Å². The zero-order chi connectivity index (χ0) is 25.5. The molecule has 3 aromatic carbocycles. The zero-order valence-electron chi connectivity index (χ0n) is 19.6. The third-order valence-corrected chi connectivity index (χ3v) is 5.90. The van der Waals surface area contributed by atoms with Gasteiger partial charge in [-0.2, -0.15) is 0 Å². The van der Waals surface area contributed by atoms with E-state index in [0.717, 1.165) is 18.2 Å². The summed E-state index contributed by atoms with van der Waals surface area (Å²) in [6, 6.07) is 30.4. The molecule has 1 aromatic heterocycles. The van der Waals surface area contributed by atoms with Gasteiger partial charge in [-0.3, -0.25) is 9.59 Å². The van der Waals surface area contributed by atoms with Crippen LogP contribution in [0.2, 0.25) is 0 Å². The summed E-state index contributed by atoms with van der Waals surface area (Å²) in [7, 11) is 0. The Hall–Kier alpha value is -4.65. The van der Waals surface area contributed by atoms with E-state index in [1.165, 1.54) is 20.6 Å². The Kier molecular flexibility index (Phi) is 7.60. The first-order valence-corrected chi connectivity index (χ1v) is 11.5. The molecule has 1 aliphatic rings. The highest BCUT2D eigenvalue weighted by Gasteiger charge is 2.30. The first-order chi connectivity index (χ1) is 17.4. The van der Waals surface area contributed by atoms with Crippen LogP contribution in [0.15, 0.2) is 102 Å². The van der Waals surface area contributed by atoms with Crippen molar-refractivity contribution in [1.29, 1.82) is 0 Å². The molecule has 0 fully saturated rings. The number of fused-ring (bicyclic) bond motifs is 1. The molecular weight excluding hydrogens is 456 g/mol. The molecule has 2 heterocycles. The van der Waals surface area contributed by atoms with Gasteiger partial charge in [-0.15, -0.1) is 0 Å². The lowest BCUT2D eigenvalue weighted by Crippen LogP contribution is -2.41. The minimum Gasteiger partial charge on any atom is -0.503 e. The SMILES string of the molecule is O=C(O)c1cn2c(c(O)c1=O)C(=O)N(Cc1ccccc1)CC2.c1ccc(Cc2ccccc2)cc1. The Balaban J connectivity index is 0.000000197. The normalized spacial score (nSPS) is 12.3. The van der Waals surface area contributed by atoms with Crippen LogP contribution in [-0.2, 0) is 19.5 Å². The Morgan fingerprint density at radius 2 is 1.25 bits per heavy atom. The highest BCUT2D eigenvalue weighted by atomic mass is 16.4. The first kappa shape index (κ1) is 24.5. The molecule has 0 radical (unpaired) electrons. The first-order valence-electron chi connectivity index (χ1n) is 11.5. The molecule has 2 N–H and O–H groups in total. The molecule has 7 heteroatoms. The van der Waals surface area contributed by atoms with E-state index in [-0.39, 0.29) is 5.69 Å². The minimum atomic E-state index is -1.43. The number of hydrogen-bond donors (Lipinski definition) is 2. The number of carboxylic acids is 1. The van der Waals surface area contributed by atoms with Gasteiger partial charge in [0.25, 0.3) is 5.91 Å². The van der Waals surface area contributed by atoms with Crippen molar-refractivity contribution >= 4 is 11.9 Å². The van der Waals surface area contributed by atoms with E-state index in [2.05, 4.69) is 60.7 Å². The maximum Gasteiger partial charge on any atom is 0.341 e. The van der Waals surface area contributed by atoms with Gasteiger partial charge in [-0.05, 0) is 23.1 Å². The van der Waals surface area contributed by atoms with E-state index in [9.17, 15) is 19.5 Å². The molecule has 0 saturated carbocycles. The fourth-order valence-corrected chi connectivity index (χ4v) is 4.06. The van der Waals surface area contributed by atoms with Crippen LogP contribution in [0, 0.1) is 0 Å². The van der Waals surface area contributed by atoms with Crippen molar-refractivity contribution < 1.29 is 19.8 Å². The fraction of sp³-hybridized carbons (Fsp3) is 0.138. The van der Waals surface area contributed by atoms with Gasteiger partial charge >= 0.3 is 5.97 Å². The number of aromatic carboxylic acids is 1. The van der Waals surface area contributed by atoms with E-state index >= 15 is 0 Å². The van der Waals surface area contributed by atoms with E-state index in [0.29, 0.717) is 19.6 Å². The number of hydrogen-bond acceptors (Lipinski definition) is 4. The molecule has 4 aromatic rings. The number of carboxylic acid groups (broad SMARTS) is 1. The number of amides is 1. The summed E-state index contributed by atoms with van der Waals surface area (Å²) in [6.45, 7) is 1.03. The average Bonchev–Trinajstić information content (AvgIpc) is 2.90. The van der Waals surface area contributed by atoms with Crippen LogP contribution in [0.5, 0.6) is 5.75 Å². The van der Waals surface area contributed by atoms with Gasteiger partial charge < -0.3 is 19.7 Å². The lowest BCUT2D eigenvalue weighted by Gasteiger charge is -2.30. The summed E-state index contributed by atoms with van der Waals surface area (Å²) >= 11 is 0. The fourth-order valence-electron chi connectivity index (χ4n) is 4.06. The summed E-state index contributed by atoms with van der Waals surface area (Å²) in [4.78, 5) is 37.0. The van der Waals surface area contributed by atoms with Gasteiger partial charge in [0.05, 0.1) is 0 Å². The molecule has 1 amide bonds. The summed E-state index contributed by atoms with van der Waals surface area (Å²) in [5.41, 5.74) is 1.91. The third kappa shape index (κ3) is 5.70. The van der Waals surface area contributed by atoms with E-state index < -0.39 is 28.6 Å². The Bertz CT molecular complexity index is 1360. The van der Waals surface area contributed by atoms with Crippen molar-refractivity contribution in [2.24, 2.45) is 0 Å². The van der Waals surface area contributed by atoms with Crippen LogP contribution in [0.4, 0.5) is 0 Å². The van der Waals surface area contributed by atoms with Crippen LogP contribution >= 0.6 is 0 Å². The van der Waals surface area contributed by atoms with Crippen LogP contribution in [-0.4, -0.2) is 38.1 Å². The predicted octanol–water partition coefficient (Wildman–Crippen LogP) is 4.19. The summed E-state index contributed by atoms with van der Waals surface area (Å²) in [5, 5.41) is 19.0. The number of carbonyl (C=O) groups is 2.